The first-order chi connectivity index (χ1) is 12.2. The highest BCUT2D eigenvalue weighted by Crippen LogP contribution is 2.20. The minimum atomic E-state index is 0.00332. The summed E-state index contributed by atoms with van der Waals surface area (Å²) in [5, 5.41) is 0. The molecule has 130 valence electrons. The van der Waals surface area contributed by atoms with E-state index in [4.69, 9.17) is 9.47 Å². The number of carbonyl (C=O) groups excluding carboxylic acids is 1. The van der Waals surface area contributed by atoms with Crippen LogP contribution in [0.3, 0.4) is 0 Å². The lowest BCUT2D eigenvalue weighted by molar-refractivity contribution is 0.104. The Kier molecular flexibility index (Phi) is 5.51. The fraction of sp³-hybridized carbons (Fsp3) is 0.286. The SMILES string of the molecule is COc1ccc(C=CC(=O)c2cccc(N3CCOCC3)c2)cc1C. The third-order valence-electron chi connectivity index (χ3n) is 4.35. The molecule has 0 amide bonds. The number of morpholine rings is 1. The number of allylic oxidation sites excluding steroid dienone is 1. The first-order valence-electron chi connectivity index (χ1n) is 8.47. The van der Waals surface area contributed by atoms with Gasteiger partial charge in [0.25, 0.3) is 0 Å². The van der Waals surface area contributed by atoms with Gasteiger partial charge in [0, 0.05) is 24.3 Å². The number of ketones is 1. The predicted molar refractivity (Wildman–Crippen MR) is 101 cm³/mol. The molecule has 0 spiro atoms. The van der Waals surface area contributed by atoms with E-state index in [1.807, 2.05) is 55.5 Å². The number of hydrogen-bond acceptors (Lipinski definition) is 4. The van der Waals surface area contributed by atoms with Gasteiger partial charge in [-0.1, -0.05) is 24.3 Å². The quantitative estimate of drug-likeness (QED) is 0.615. The average molecular weight is 337 g/mol. The van der Waals surface area contributed by atoms with Gasteiger partial charge < -0.3 is 14.4 Å². The third kappa shape index (κ3) is 4.28. The highest BCUT2D eigenvalue weighted by Gasteiger charge is 2.12. The molecule has 1 saturated heterocycles. The maximum Gasteiger partial charge on any atom is 0.185 e. The fourth-order valence-corrected chi connectivity index (χ4v) is 2.95. The Morgan fingerprint density at radius 1 is 1.16 bits per heavy atom. The van der Waals surface area contributed by atoms with Crippen molar-refractivity contribution >= 4 is 17.5 Å². The molecule has 0 N–H and O–H groups in total. The molecule has 1 heterocycles. The summed E-state index contributed by atoms with van der Waals surface area (Å²) in [5.41, 5.74) is 3.80. The van der Waals surface area contributed by atoms with Crippen molar-refractivity contribution in [2.24, 2.45) is 0 Å². The Bertz CT molecular complexity index is 776. The molecular formula is C21H23NO3. The topological polar surface area (TPSA) is 38.8 Å². The highest BCUT2D eigenvalue weighted by atomic mass is 16.5. The molecule has 4 nitrogen and oxygen atoms in total. The number of nitrogens with zero attached hydrogens (tertiary/aromatic N) is 1. The molecule has 2 aromatic rings. The smallest absolute Gasteiger partial charge is 0.185 e. The summed E-state index contributed by atoms with van der Waals surface area (Å²) in [5.74, 6) is 0.852. The first kappa shape index (κ1) is 17.2. The number of ether oxygens (including phenoxy) is 2. The third-order valence-corrected chi connectivity index (χ3v) is 4.35. The molecule has 0 aliphatic carbocycles. The van der Waals surface area contributed by atoms with Gasteiger partial charge in [-0.3, -0.25) is 4.79 Å². The zero-order valence-electron chi connectivity index (χ0n) is 14.7. The van der Waals surface area contributed by atoms with Gasteiger partial charge in [-0.2, -0.15) is 0 Å². The van der Waals surface area contributed by atoms with E-state index in [1.165, 1.54) is 0 Å². The molecule has 0 bridgehead atoms. The van der Waals surface area contributed by atoms with E-state index < -0.39 is 0 Å². The second kappa shape index (κ2) is 7.99. The molecule has 3 rings (SSSR count). The number of rotatable bonds is 5. The van der Waals surface area contributed by atoms with Gasteiger partial charge in [0.05, 0.1) is 20.3 Å². The van der Waals surface area contributed by atoms with E-state index >= 15 is 0 Å². The van der Waals surface area contributed by atoms with Crippen LogP contribution in [0.4, 0.5) is 5.69 Å². The van der Waals surface area contributed by atoms with Crippen molar-refractivity contribution in [3.05, 3.63) is 65.2 Å². The molecule has 0 aromatic heterocycles. The van der Waals surface area contributed by atoms with Crippen molar-refractivity contribution in [2.45, 2.75) is 6.92 Å². The monoisotopic (exact) mass is 337 g/mol. The molecule has 0 radical (unpaired) electrons. The normalized spacial score (nSPS) is 14.7. The van der Waals surface area contributed by atoms with Gasteiger partial charge >= 0.3 is 0 Å². The summed E-state index contributed by atoms with van der Waals surface area (Å²) in [7, 11) is 1.66. The van der Waals surface area contributed by atoms with Gasteiger partial charge in [-0.25, -0.2) is 0 Å². The van der Waals surface area contributed by atoms with Crippen molar-refractivity contribution < 1.29 is 14.3 Å². The van der Waals surface area contributed by atoms with Crippen LogP contribution in [-0.4, -0.2) is 39.2 Å². The van der Waals surface area contributed by atoms with Crippen LogP contribution in [0.15, 0.2) is 48.5 Å². The largest absolute Gasteiger partial charge is 0.496 e. The van der Waals surface area contributed by atoms with Gasteiger partial charge in [0.15, 0.2) is 5.78 Å². The Balaban J connectivity index is 1.73. The van der Waals surface area contributed by atoms with Crippen LogP contribution in [0.5, 0.6) is 5.75 Å². The van der Waals surface area contributed by atoms with Gasteiger partial charge in [0.1, 0.15) is 5.75 Å². The average Bonchev–Trinajstić information content (AvgIpc) is 2.67. The molecule has 1 fully saturated rings. The lowest BCUT2D eigenvalue weighted by Crippen LogP contribution is -2.36. The van der Waals surface area contributed by atoms with Crippen molar-refractivity contribution in [3.8, 4) is 5.75 Å². The van der Waals surface area contributed by atoms with E-state index in [2.05, 4.69) is 4.90 Å². The minimum absolute atomic E-state index is 0.00332. The van der Waals surface area contributed by atoms with Crippen molar-refractivity contribution in [1.29, 1.82) is 0 Å². The Morgan fingerprint density at radius 2 is 1.96 bits per heavy atom. The highest BCUT2D eigenvalue weighted by molar-refractivity contribution is 6.07. The number of anilines is 1. The number of carbonyl (C=O) groups is 1. The molecule has 0 atom stereocenters. The summed E-state index contributed by atoms with van der Waals surface area (Å²) >= 11 is 0. The van der Waals surface area contributed by atoms with E-state index in [0.717, 1.165) is 48.9 Å². The summed E-state index contributed by atoms with van der Waals surface area (Å²) in [6, 6.07) is 13.7. The Hall–Kier alpha value is -2.59. The van der Waals surface area contributed by atoms with E-state index in [1.54, 1.807) is 13.2 Å². The molecule has 25 heavy (non-hydrogen) atoms. The minimum Gasteiger partial charge on any atom is -0.496 e. The summed E-state index contributed by atoms with van der Waals surface area (Å²) in [6.45, 7) is 5.17. The summed E-state index contributed by atoms with van der Waals surface area (Å²) in [4.78, 5) is 14.8. The number of hydrogen-bond donors (Lipinski definition) is 0. The second-order valence-corrected chi connectivity index (χ2v) is 6.08. The lowest BCUT2D eigenvalue weighted by Gasteiger charge is -2.29. The Morgan fingerprint density at radius 3 is 2.68 bits per heavy atom. The van der Waals surface area contributed by atoms with Gasteiger partial charge in [-0.05, 0) is 48.4 Å². The number of aryl methyl sites for hydroxylation is 1. The van der Waals surface area contributed by atoms with Gasteiger partial charge in [0.2, 0.25) is 0 Å². The fourth-order valence-electron chi connectivity index (χ4n) is 2.95. The van der Waals surface area contributed by atoms with E-state index in [-0.39, 0.29) is 5.78 Å². The molecule has 1 aliphatic rings. The molecule has 0 unspecified atom stereocenters. The molecule has 4 heteroatoms. The van der Waals surface area contributed by atoms with Crippen molar-refractivity contribution in [1.82, 2.24) is 0 Å². The maximum atomic E-state index is 12.5. The second-order valence-electron chi connectivity index (χ2n) is 6.08. The molecule has 1 aliphatic heterocycles. The Labute approximate surface area is 148 Å². The van der Waals surface area contributed by atoms with E-state index in [9.17, 15) is 4.79 Å². The van der Waals surface area contributed by atoms with Crippen LogP contribution >= 0.6 is 0 Å². The van der Waals surface area contributed by atoms with Crippen LogP contribution in [0.2, 0.25) is 0 Å². The van der Waals surface area contributed by atoms with Crippen molar-refractivity contribution in [3.63, 3.8) is 0 Å². The van der Waals surface area contributed by atoms with Gasteiger partial charge in [-0.15, -0.1) is 0 Å². The molecule has 2 aromatic carbocycles. The standard InChI is InChI=1S/C21H23NO3/c1-16-14-17(7-9-21(16)24-2)6-8-20(23)18-4-3-5-19(15-18)22-10-12-25-13-11-22/h3-9,14-15H,10-13H2,1-2H3. The zero-order valence-corrected chi connectivity index (χ0v) is 14.7. The van der Waals surface area contributed by atoms with Crippen LogP contribution in [0, 0.1) is 6.92 Å². The first-order valence-corrected chi connectivity index (χ1v) is 8.47. The van der Waals surface area contributed by atoms with Crippen LogP contribution in [-0.2, 0) is 4.74 Å². The number of benzene rings is 2. The lowest BCUT2D eigenvalue weighted by atomic mass is 10.1. The van der Waals surface area contributed by atoms with E-state index in [0.29, 0.717) is 5.56 Å². The zero-order chi connectivity index (χ0) is 17.6. The molecule has 0 saturated carbocycles. The summed E-state index contributed by atoms with van der Waals surface area (Å²) in [6.07, 6.45) is 3.47. The van der Waals surface area contributed by atoms with Crippen molar-refractivity contribution in [2.75, 3.05) is 38.3 Å². The van der Waals surface area contributed by atoms with Crippen LogP contribution in [0.25, 0.3) is 6.08 Å². The summed E-state index contributed by atoms with van der Waals surface area (Å²) < 4.78 is 10.6. The predicted octanol–water partition coefficient (Wildman–Crippen LogP) is 3.74. The maximum absolute atomic E-state index is 12.5. The molecular weight excluding hydrogens is 314 g/mol. The van der Waals surface area contributed by atoms with Crippen LogP contribution in [0.1, 0.15) is 21.5 Å². The van der Waals surface area contributed by atoms with Crippen LogP contribution < -0.4 is 9.64 Å². The number of methoxy groups -OCH3 is 1.